The molecule has 0 spiro atoms. The van der Waals surface area contributed by atoms with Crippen LogP contribution < -0.4 is 5.73 Å². The Bertz CT molecular complexity index is 582. The van der Waals surface area contributed by atoms with Crippen molar-refractivity contribution in [2.75, 3.05) is 0 Å². The van der Waals surface area contributed by atoms with Gasteiger partial charge in [0.1, 0.15) is 6.33 Å². The molecule has 0 aliphatic heterocycles. The number of nitrogens with zero attached hydrogens (tertiary/aromatic N) is 4. The van der Waals surface area contributed by atoms with Crippen LogP contribution in [-0.4, -0.2) is 25.4 Å². The normalized spacial score (nSPS) is 11.8. The molecule has 0 aliphatic rings. The molecule has 0 unspecified atom stereocenters. The van der Waals surface area contributed by atoms with Gasteiger partial charge in [-0.05, 0) is 31.4 Å². The highest BCUT2D eigenvalue weighted by atomic mass is 32.2. The Labute approximate surface area is 112 Å². The molecule has 0 aliphatic carbocycles. The van der Waals surface area contributed by atoms with Gasteiger partial charge in [-0.2, -0.15) is 4.37 Å². The van der Waals surface area contributed by atoms with Crippen molar-refractivity contribution in [2.45, 2.75) is 23.1 Å². The standard InChI is InChI=1S/C10H11N5OS2/c1-5-3-7(17-10-12-4-13-18-10)8(6(2)14-5)9(11)15-16/h3-4,16H,1-2H3,(H2,11,15). The molecule has 2 aromatic rings. The van der Waals surface area contributed by atoms with Gasteiger partial charge in [0, 0.05) is 16.3 Å². The lowest BCUT2D eigenvalue weighted by atomic mass is 10.1. The average molecular weight is 281 g/mol. The summed E-state index contributed by atoms with van der Waals surface area (Å²) in [5, 5.41) is 11.9. The van der Waals surface area contributed by atoms with Crippen LogP contribution in [0.2, 0.25) is 0 Å². The van der Waals surface area contributed by atoms with E-state index in [0.717, 1.165) is 20.6 Å². The third kappa shape index (κ3) is 2.59. The lowest BCUT2D eigenvalue weighted by Gasteiger charge is -2.10. The zero-order valence-corrected chi connectivity index (χ0v) is 11.4. The molecule has 0 aromatic carbocycles. The van der Waals surface area contributed by atoms with E-state index >= 15 is 0 Å². The van der Waals surface area contributed by atoms with Crippen molar-refractivity contribution >= 4 is 29.1 Å². The molecule has 6 nitrogen and oxygen atoms in total. The first-order chi connectivity index (χ1) is 8.61. The SMILES string of the molecule is Cc1cc(Sc2ncns2)c(/C(N)=N/O)c(C)n1. The van der Waals surface area contributed by atoms with Crippen LogP contribution in [0.5, 0.6) is 0 Å². The molecule has 0 atom stereocenters. The minimum absolute atomic E-state index is 0.0482. The van der Waals surface area contributed by atoms with Crippen LogP contribution in [0, 0.1) is 13.8 Å². The second kappa shape index (κ2) is 5.32. The van der Waals surface area contributed by atoms with E-state index in [0.29, 0.717) is 5.56 Å². The maximum Gasteiger partial charge on any atom is 0.174 e. The Morgan fingerprint density at radius 1 is 1.50 bits per heavy atom. The van der Waals surface area contributed by atoms with Crippen LogP contribution in [0.15, 0.2) is 26.8 Å². The molecular weight excluding hydrogens is 270 g/mol. The number of pyridine rings is 1. The molecule has 3 N–H and O–H groups in total. The molecule has 0 bridgehead atoms. The highest BCUT2D eigenvalue weighted by molar-refractivity contribution is 8.01. The highest BCUT2D eigenvalue weighted by Crippen LogP contribution is 2.32. The second-order valence-corrected chi connectivity index (χ2v) is 5.59. The Morgan fingerprint density at radius 3 is 2.89 bits per heavy atom. The van der Waals surface area contributed by atoms with Crippen LogP contribution in [0.25, 0.3) is 0 Å². The predicted octanol–water partition coefficient (Wildman–Crippen LogP) is 1.80. The molecule has 0 amide bonds. The summed E-state index contributed by atoms with van der Waals surface area (Å²) in [6, 6.07) is 1.88. The number of aromatic nitrogens is 3. The molecule has 94 valence electrons. The molecule has 0 saturated carbocycles. The number of aryl methyl sites for hydroxylation is 2. The van der Waals surface area contributed by atoms with E-state index < -0.39 is 0 Å². The Kier molecular flexibility index (Phi) is 3.78. The quantitative estimate of drug-likeness (QED) is 0.385. The van der Waals surface area contributed by atoms with E-state index in [-0.39, 0.29) is 5.84 Å². The van der Waals surface area contributed by atoms with Crippen molar-refractivity contribution in [3.8, 4) is 0 Å². The summed E-state index contributed by atoms with van der Waals surface area (Å²) in [5.41, 5.74) is 7.91. The molecule has 18 heavy (non-hydrogen) atoms. The van der Waals surface area contributed by atoms with Crippen molar-refractivity contribution in [1.82, 2.24) is 14.3 Å². The van der Waals surface area contributed by atoms with Gasteiger partial charge in [-0.25, -0.2) is 4.98 Å². The van der Waals surface area contributed by atoms with Gasteiger partial charge < -0.3 is 10.9 Å². The van der Waals surface area contributed by atoms with Gasteiger partial charge >= 0.3 is 0 Å². The average Bonchev–Trinajstić information content (AvgIpc) is 2.80. The molecule has 0 saturated heterocycles. The van der Waals surface area contributed by atoms with E-state index in [4.69, 9.17) is 10.9 Å². The maximum atomic E-state index is 8.83. The number of hydrogen-bond acceptors (Lipinski definition) is 7. The second-order valence-electron chi connectivity index (χ2n) is 3.52. The zero-order valence-electron chi connectivity index (χ0n) is 9.78. The molecule has 0 fully saturated rings. The number of rotatable bonds is 3. The summed E-state index contributed by atoms with van der Waals surface area (Å²) < 4.78 is 4.74. The Balaban J connectivity index is 2.50. The first kappa shape index (κ1) is 12.8. The van der Waals surface area contributed by atoms with Gasteiger partial charge in [0.05, 0.1) is 5.56 Å². The number of nitrogens with two attached hydrogens (primary N) is 1. The molecule has 2 heterocycles. The van der Waals surface area contributed by atoms with Crippen LogP contribution in [0.3, 0.4) is 0 Å². The molecular formula is C10H11N5OS2. The van der Waals surface area contributed by atoms with E-state index in [1.165, 1.54) is 29.6 Å². The third-order valence-corrected chi connectivity index (χ3v) is 3.95. The zero-order chi connectivity index (χ0) is 13.1. The van der Waals surface area contributed by atoms with E-state index in [2.05, 4.69) is 19.5 Å². The van der Waals surface area contributed by atoms with Crippen LogP contribution in [0.4, 0.5) is 0 Å². The monoisotopic (exact) mass is 281 g/mol. The predicted molar refractivity (Wildman–Crippen MR) is 70.3 cm³/mol. The number of oxime groups is 1. The fourth-order valence-electron chi connectivity index (χ4n) is 1.54. The summed E-state index contributed by atoms with van der Waals surface area (Å²) in [5.74, 6) is 0.0482. The number of amidine groups is 1. The van der Waals surface area contributed by atoms with Gasteiger partial charge in [-0.15, -0.1) is 0 Å². The van der Waals surface area contributed by atoms with Crippen LogP contribution in [-0.2, 0) is 0 Å². The van der Waals surface area contributed by atoms with Crippen molar-refractivity contribution < 1.29 is 5.21 Å². The molecule has 2 rings (SSSR count). The molecule has 2 aromatic heterocycles. The maximum absolute atomic E-state index is 8.83. The highest BCUT2D eigenvalue weighted by Gasteiger charge is 2.15. The first-order valence-corrected chi connectivity index (χ1v) is 6.61. The van der Waals surface area contributed by atoms with Gasteiger partial charge in [-0.3, -0.25) is 4.98 Å². The van der Waals surface area contributed by atoms with E-state index in [1.54, 1.807) is 0 Å². The van der Waals surface area contributed by atoms with Crippen molar-refractivity contribution in [3.05, 3.63) is 29.3 Å². The van der Waals surface area contributed by atoms with Gasteiger partial charge in [0.15, 0.2) is 10.2 Å². The lowest BCUT2D eigenvalue weighted by molar-refractivity contribution is 0.318. The summed E-state index contributed by atoms with van der Waals surface area (Å²) >= 11 is 2.72. The smallest absolute Gasteiger partial charge is 0.174 e. The van der Waals surface area contributed by atoms with Gasteiger partial charge in [0.25, 0.3) is 0 Å². The Hall–Kier alpha value is -1.67. The van der Waals surface area contributed by atoms with E-state index in [1.807, 2.05) is 19.9 Å². The summed E-state index contributed by atoms with van der Waals surface area (Å²) in [7, 11) is 0. The minimum atomic E-state index is 0.0482. The van der Waals surface area contributed by atoms with Crippen molar-refractivity contribution in [2.24, 2.45) is 10.9 Å². The van der Waals surface area contributed by atoms with Gasteiger partial charge in [0.2, 0.25) is 0 Å². The summed E-state index contributed by atoms with van der Waals surface area (Å²) in [6.07, 6.45) is 1.50. The van der Waals surface area contributed by atoms with Gasteiger partial charge in [-0.1, -0.05) is 16.9 Å². The van der Waals surface area contributed by atoms with E-state index in [9.17, 15) is 0 Å². The minimum Gasteiger partial charge on any atom is -0.409 e. The largest absolute Gasteiger partial charge is 0.409 e. The van der Waals surface area contributed by atoms with Crippen LogP contribution in [0.1, 0.15) is 17.0 Å². The first-order valence-electron chi connectivity index (χ1n) is 5.02. The molecule has 0 radical (unpaired) electrons. The third-order valence-electron chi connectivity index (χ3n) is 2.19. The van der Waals surface area contributed by atoms with Crippen LogP contribution >= 0.6 is 23.3 Å². The lowest BCUT2D eigenvalue weighted by Crippen LogP contribution is -2.17. The van der Waals surface area contributed by atoms with Crippen molar-refractivity contribution in [3.63, 3.8) is 0 Å². The Morgan fingerprint density at radius 2 is 2.28 bits per heavy atom. The summed E-state index contributed by atoms with van der Waals surface area (Å²) in [6.45, 7) is 3.72. The fourth-order valence-corrected chi connectivity index (χ4v) is 3.23. The van der Waals surface area contributed by atoms with Crippen molar-refractivity contribution in [1.29, 1.82) is 0 Å². The number of hydrogen-bond donors (Lipinski definition) is 2. The topological polar surface area (TPSA) is 97.3 Å². The summed E-state index contributed by atoms with van der Waals surface area (Å²) in [4.78, 5) is 9.27. The fraction of sp³-hybridized carbons (Fsp3) is 0.200. The molecule has 8 heteroatoms.